The first kappa shape index (κ1) is 11.7. The first-order valence-corrected chi connectivity index (χ1v) is 4.86. The highest BCUT2D eigenvalue weighted by Gasteiger charge is 2.29. The predicted molar refractivity (Wildman–Crippen MR) is 57.2 cm³/mol. The molecule has 0 aliphatic rings. The average molecular weight is 168 g/mol. The zero-order chi connectivity index (χ0) is 9.99. The van der Waals surface area contributed by atoms with Crippen molar-refractivity contribution in [2.75, 3.05) is 0 Å². The summed E-state index contributed by atoms with van der Waals surface area (Å²) in [7, 11) is 0. The van der Waals surface area contributed by atoms with Crippen molar-refractivity contribution < 1.29 is 0 Å². The molecule has 0 saturated carbocycles. The smallest absolute Gasteiger partial charge is 0.0126 e. The van der Waals surface area contributed by atoms with E-state index in [0.717, 1.165) is 0 Å². The molecule has 0 heteroatoms. The summed E-state index contributed by atoms with van der Waals surface area (Å²) in [6.45, 7) is 15.9. The second-order valence-corrected chi connectivity index (χ2v) is 5.57. The highest BCUT2D eigenvalue weighted by Crippen LogP contribution is 2.39. The lowest BCUT2D eigenvalue weighted by Gasteiger charge is -2.36. The Kier molecular flexibility index (Phi) is 3.56. The third kappa shape index (κ3) is 3.42. The molecule has 0 unspecified atom stereocenters. The maximum absolute atomic E-state index is 2.34. The van der Waals surface area contributed by atoms with E-state index in [9.17, 15) is 0 Å². The molecule has 0 amide bonds. The molecular weight excluding hydrogens is 144 g/mol. The van der Waals surface area contributed by atoms with Crippen LogP contribution < -0.4 is 0 Å². The molecule has 0 fully saturated rings. The van der Waals surface area contributed by atoms with E-state index in [1.165, 1.54) is 0 Å². The van der Waals surface area contributed by atoms with Gasteiger partial charge < -0.3 is 0 Å². The summed E-state index contributed by atoms with van der Waals surface area (Å²) in [6, 6.07) is 0. The van der Waals surface area contributed by atoms with Gasteiger partial charge in [-0.2, -0.15) is 0 Å². The van der Waals surface area contributed by atoms with E-state index in [1.54, 1.807) is 0 Å². The van der Waals surface area contributed by atoms with E-state index in [1.807, 2.05) is 0 Å². The van der Waals surface area contributed by atoms with Gasteiger partial charge in [-0.15, -0.1) is 0 Å². The van der Waals surface area contributed by atoms with E-state index >= 15 is 0 Å². The molecule has 0 radical (unpaired) electrons. The number of hydrogen-bond donors (Lipinski definition) is 0. The quantitative estimate of drug-likeness (QED) is 0.540. The lowest BCUT2D eigenvalue weighted by atomic mass is 9.69. The van der Waals surface area contributed by atoms with Crippen LogP contribution >= 0.6 is 0 Å². The minimum absolute atomic E-state index is 0.289. The molecule has 0 aromatic carbocycles. The van der Waals surface area contributed by atoms with Crippen molar-refractivity contribution in [2.45, 2.75) is 48.5 Å². The van der Waals surface area contributed by atoms with Crippen LogP contribution in [0.3, 0.4) is 0 Å². The Bertz CT molecular complexity index is 153. The fourth-order valence-electron chi connectivity index (χ4n) is 0.683. The van der Waals surface area contributed by atoms with Crippen molar-refractivity contribution in [3.63, 3.8) is 0 Å². The highest BCUT2D eigenvalue weighted by atomic mass is 14.3. The van der Waals surface area contributed by atoms with Gasteiger partial charge in [0.15, 0.2) is 0 Å². The summed E-state index contributed by atoms with van der Waals surface area (Å²) in [4.78, 5) is 0. The Labute approximate surface area is 78.1 Å². The molecule has 0 atom stereocenters. The average Bonchev–Trinajstić information content (AvgIpc) is 1.81. The summed E-state index contributed by atoms with van der Waals surface area (Å²) in [5.41, 5.74) is 0.635. The van der Waals surface area contributed by atoms with E-state index in [0.29, 0.717) is 11.3 Å². The third-order valence-electron chi connectivity index (χ3n) is 2.83. The summed E-state index contributed by atoms with van der Waals surface area (Å²) in [5.74, 6) is 0.659. The fourth-order valence-corrected chi connectivity index (χ4v) is 0.683. The van der Waals surface area contributed by atoms with Crippen LogP contribution in [0.15, 0.2) is 12.2 Å². The molecule has 0 aliphatic carbocycles. The molecule has 12 heavy (non-hydrogen) atoms. The van der Waals surface area contributed by atoms with Crippen LogP contribution in [0.25, 0.3) is 0 Å². The number of allylic oxidation sites excluding steroid dienone is 2. The Balaban J connectivity index is 4.43. The summed E-state index contributed by atoms with van der Waals surface area (Å²) in [6.07, 6.45) is 4.64. The Morgan fingerprint density at radius 2 is 1.33 bits per heavy atom. The van der Waals surface area contributed by atoms with E-state index in [2.05, 4.69) is 60.6 Å². The lowest BCUT2D eigenvalue weighted by molar-refractivity contribution is 0.192. The molecule has 0 rings (SSSR count). The van der Waals surface area contributed by atoms with Crippen molar-refractivity contribution >= 4 is 0 Å². The predicted octanol–water partition coefficient (Wildman–Crippen LogP) is 4.27. The molecule has 0 aliphatic heterocycles. The van der Waals surface area contributed by atoms with Crippen molar-refractivity contribution in [1.29, 1.82) is 0 Å². The zero-order valence-electron chi connectivity index (χ0n) is 9.73. The van der Waals surface area contributed by atoms with Gasteiger partial charge in [-0.3, -0.25) is 0 Å². The molecule has 72 valence electrons. The topological polar surface area (TPSA) is 0 Å². The normalized spacial score (nSPS) is 14.7. The number of rotatable bonds is 2. The van der Waals surface area contributed by atoms with Gasteiger partial charge in [0.25, 0.3) is 0 Å². The largest absolute Gasteiger partial charge is 0.0854 e. The molecule has 0 spiro atoms. The molecule has 0 heterocycles. The van der Waals surface area contributed by atoms with E-state index < -0.39 is 0 Å². The minimum Gasteiger partial charge on any atom is -0.0854 e. The first-order chi connectivity index (χ1) is 5.17. The van der Waals surface area contributed by atoms with Gasteiger partial charge in [0.1, 0.15) is 0 Å². The third-order valence-corrected chi connectivity index (χ3v) is 2.83. The molecular formula is C12H24. The molecule has 0 saturated heterocycles. The Morgan fingerprint density at radius 1 is 0.917 bits per heavy atom. The maximum atomic E-state index is 2.34. The minimum atomic E-state index is 0.289. The monoisotopic (exact) mass is 168 g/mol. The van der Waals surface area contributed by atoms with Gasteiger partial charge in [-0.25, -0.2) is 0 Å². The van der Waals surface area contributed by atoms with Gasteiger partial charge in [-0.1, -0.05) is 60.6 Å². The summed E-state index contributed by atoms with van der Waals surface area (Å²) in [5, 5.41) is 0. The molecule has 0 bridgehead atoms. The SMILES string of the molecule is CC(C)/C=C/C(C)(C)C(C)(C)C. The van der Waals surface area contributed by atoms with Crippen LogP contribution in [0.4, 0.5) is 0 Å². The second kappa shape index (κ2) is 3.64. The van der Waals surface area contributed by atoms with E-state index in [4.69, 9.17) is 0 Å². The Hall–Kier alpha value is -0.260. The van der Waals surface area contributed by atoms with Gasteiger partial charge in [0.2, 0.25) is 0 Å². The summed E-state index contributed by atoms with van der Waals surface area (Å²) < 4.78 is 0. The van der Waals surface area contributed by atoms with Crippen molar-refractivity contribution in [3.05, 3.63) is 12.2 Å². The van der Waals surface area contributed by atoms with Crippen LogP contribution in [-0.4, -0.2) is 0 Å². The van der Waals surface area contributed by atoms with Crippen LogP contribution in [0.5, 0.6) is 0 Å². The van der Waals surface area contributed by atoms with Gasteiger partial charge in [0, 0.05) is 0 Å². The van der Waals surface area contributed by atoms with Gasteiger partial charge in [0.05, 0.1) is 0 Å². The molecule has 0 N–H and O–H groups in total. The zero-order valence-corrected chi connectivity index (χ0v) is 9.73. The van der Waals surface area contributed by atoms with Crippen molar-refractivity contribution in [3.8, 4) is 0 Å². The Morgan fingerprint density at radius 3 is 1.58 bits per heavy atom. The van der Waals surface area contributed by atoms with Crippen LogP contribution in [-0.2, 0) is 0 Å². The van der Waals surface area contributed by atoms with Crippen molar-refractivity contribution in [2.24, 2.45) is 16.7 Å². The van der Waals surface area contributed by atoms with Gasteiger partial charge >= 0.3 is 0 Å². The second-order valence-electron chi connectivity index (χ2n) is 5.57. The van der Waals surface area contributed by atoms with Crippen LogP contribution in [0.1, 0.15) is 48.5 Å². The van der Waals surface area contributed by atoms with E-state index in [-0.39, 0.29) is 5.41 Å². The molecule has 0 aromatic rings. The summed E-state index contributed by atoms with van der Waals surface area (Å²) >= 11 is 0. The first-order valence-electron chi connectivity index (χ1n) is 4.86. The lowest BCUT2D eigenvalue weighted by Crippen LogP contribution is -2.27. The highest BCUT2D eigenvalue weighted by molar-refractivity contribution is 5.01. The molecule has 0 nitrogen and oxygen atoms in total. The van der Waals surface area contributed by atoms with Gasteiger partial charge in [-0.05, 0) is 16.7 Å². The van der Waals surface area contributed by atoms with Crippen LogP contribution in [0.2, 0.25) is 0 Å². The fraction of sp³-hybridized carbons (Fsp3) is 0.833. The standard InChI is InChI=1S/C12H24/c1-10(2)8-9-12(6,7)11(3,4)5/h8-10H,1-7H3/b9-8+. The number of hydrogen-bond acceptors (Lipinski definition) is 0. The molecule has 0 aromatic heterocycles. The van der Waals surface area contributed by atoms with Crippen LogP contribution in [0, 0.1) is 16.7 Å². The van der Waals surface area contributed by atoms with Crippen molar-refractivity contribution in [1.82, 2.24) is 0 Å². The maximum Gasteiger partial charge on any atom is -0.0126 e.